The Bertz CT molecular complexity index is 1340. The summed E-state index contributed by atoms with van der Waals surface area (Å²) in [4.78, 5) is 22.2. The smallest absolute Gasteiger partial charge is 0.406 e. The number of carbonyl (C=O) groups excluding carboxylic acids is 1. The zero-order chi connectivity index (χ0) is 26.5. The molecule has 1 aliphatic heterocycles. The Morgan fingerprint density at radius 3 is 2.62 bits per heavy atom. The fourth-order valence-electron chi connectivity index (χ4n) is 5.55. The monoisotopic (exact) mass is 520 g/mol. The van der Waals surface area contributed by atoms with E-state index in [-0.39, 0.29) is 23.0 Å². The van der Waals surface area contributed by atoms with Crippen LogP contribution in [0.25, 0.3) is 11.0 Å². The van der Waals surface area contributed by atoms with Gasteiger partial charge in [0, 0.05) is 41.5 Å². The molecule has 3 heterocycles. The van der Waals surface area contributed by atoms with Crippen molar-refractivity contribution in [2.24, 2.45) is 0 Å². The van der Waals surface area contributed by atoms with Gasteiger partial charge in [0.15, 0.2) is 0 Å². The number of pyridine rings is 1. The zero-order valence-corrected chi connectivity index (χ0v) is 20.3. The molecule has 0 unspecified atom stereocenters. The van der Waals surface area contributed by atoms with Crippen molar-refractivity contribution in [2.45, 2.75) is 63.3 Å². The number of piperidine rings is 1. The van der Waals surface area contributed by atoms with Crippen LogP contribution in [0.15, 0.2) is 24.4 Å². The van der Waals surface area contributed by atoms with Crippen molar-refractivity contribution in [3.05, 3.63) is 52.6 Å². The first-order chi connectivity index (χ1) is 17.4. The Hall–Kier alpha value is -3.34. The Morgan fingerprint density at radius 2 is 1.95 bits per heavy atom. The minimum atomic E-state index is -4.86. The van der Waals surface area contributed by atoms with Crippen LogP contribution in [-0.4, -0.2) is 50.9 Å². The second-order valence-electron chi connectivity index (χ2n) is 10.2. The number of amides is 1. The van der Waals surface area contributed by atoms with Crippen molar-refractivity contribution in [3.8, 4) is 5.75 Å². The van der Waals surface area contributed by atoms with Crippen LogP contribution < -0.4 is 10.5 Å². The molecule has 4 N–H and O–H groups in total. The lowest BCUT2D eigenvalue weighted by molar-refractivity contribution is -0.274. The van der Waals surface area contributed by atoms with E-state index in [1.807, 2.05) is 6.92 Å². The second-order valence-corrected chi connectivity index (χ2v) is 10.2. The van der Waals surface area contributed by atoms with Crippen LogP contribution in [0.5, 0.6) is 5.75 Å². The van der Waals surface area contributed by atoms with Gasteiger partial charge >= 0.3 is 6.36 Å². The maximum Gasteiger partial charge on any atom is 0.573 e. The highest BCUT2D eigenvalue weighted by Crippen LogP contribution is 2.40. The number of nitrogen functional groups attached to an aromatic ring is 1. The van der Waals surface area contributed by atoms with Gasteiger partial charge in [0.25, 0.3) is 5.91 Å². The Morgan fingerprint density at radius 1 is 1.24 bits per heavy atom. The van der Waals surface area contributed by atoms with Crippen molar-refractivity contribution in [2.75, 3.05) is 18.8 Å². The molecular formula is C26H28F4N4O3. The molecule has 37 heavy (non-hydrogen) atoms. The molecular weight excluding hydrogens is 492 g/mol. The normalized spacial score (nSPS) is 21.1. The van der Waals surface area contributed by atoms with E-state index in [1.54, 1.807) is 4.90 Å². The highest BCUT2D eigenvalue weighted by Gasteiger charge is 2.34. The SMILES string of the molecule is C[C@@]1(O)CCc2[nH]c3ncc(F)c(C4CCN(C(=O)c5ccc(OC(F)(F)F)cc5N)CC4)c3c2CC1. The van der Waals surface area contributed by atoms with Crippen molar-refractivity contribution >= 4 is 22.6 Å². The fourth-order valence-corrected chi connectivity index (χ4v) is 5.55. The van der Waals surface area contributed by atoms with Crippen molar-refractivity contribution in [1.29, 1.82) is 0 Å². The van der Waals surface area contributed by atoms with Crippen LogP contribution in [0.2, 0.25) is 0 Å². The number of rotatable bonds is 3. The number of H-pyrrole nitrogens is 1. The summed E-state index contributed by atoms with van der Waals surface area (Å²) >= 11 is 0. The third-order valence-corrected chi connectivity index (χ3v) is 7.51. The summed E-state index contributed by atoms with van der Waals surface area (Å²) in [5, 5.41) is 11.3. The molecule has 0 saturated carbocycles. The zero-order valence-electron chi connectivity index (χ0n) is 20.3. The van der Waals surface area contributed by atoms with Gasteiger partial charge in [0.05, 0.1) is 17.4 Å². The molecule has 0 bridgehead atoms. The summed E-state index contributed by atoms with van der Waals surface area (Å²) in [7, 11) is 0. The molecule has 2 aromatic heterocycles. The van der Waals surface area contributed by atoms with Crippen LogP contribution in [0.1, 0.15) is 65.7 Å². The quantitative estimate of drug-likeness (QED) is 0.261. The lowest BCUT2D eigenvalue weighted by Gasteiger charge is -2.33. The lowest BCUT2D eigenvalue weighted by atomic mass is 9.86. The highest BCUT2D eigenvalue weighted by molar-refractivity contribution is 5.99. The number of nitrogens with one attached hydrogen (secondary N) is 1. The van der Waals surface area contributed by atoms with Crippen LogP contribution in [0.3, 0.4) is 0 Å². The number of halogens is 4. The molecule has 2 aliphatic rings. The van der Waals surface area contributed by atoms with E-state index in [0.717, 1.165) is 28.8 Å². The lowest BCUT2D eigenvalue weighted by Crippen LogP contribution is -2.38. The van der Waals surface area contributed by atoms with E-state index >= 15 is 4.39 Å². The van der Waals surface area contributed by atoms with Crippen LogP contribution in [0, 0.1) is 5.82 Å². The van der Waals surface area contributed by atoms with Crippen molar-refractivity contribution in [3.63, 3.8) is 0 Å². The summed E-state index contributed by atoms with van der Waals surface area (Å²) in [5.41, 5.74) is 8.27. The molecule has 1 atom stereocenters. The summed E-state index contributed by atoms with van der Waals surface area (Å²) in [6.45, 7) is 2.50. The number of nitrogens with two attached hydrogens (primary N) is 1. The molecule has 3 aromatic rings. The Kier molecular flexibility index (Phi) is 6.29. The minimum Gasteiger partial charge on any atom is -0.406 e. The molecule has 0 radical (unpaired) electrons. The average Bonchev–Trinajstić information content (AvgIpc) is 3.10. The maximum absolute atomic E-state index is 15.2. The Balaban J connectivity index is 1.35. The first-order valence-corrected chi connectivity index (χ1v) is 12.3. The first-order valence-electron chi connectivity index (χ1n) is 12.3. The fraction of sp³-hybridized carbons (Fsp3) is 0.462. The highest BCUT2D eigenvalue weighted by atomic mass is 19.4. The molecule has 198 valence electrons. The predicted octanol–water partition coefficient (Wildman–Crippen LogP) is 4.83. The largest absolute Gasteiger partial charge is 0.573 e. The number of likely N-dealkylation sites (tertiary alicyclic amines) is 1. The number of benzene rings is 1. The molecule has 1 aromatic carbocycles. The number of hydrogen-bond acceptors (Lipinski definition) is 5. The third kappa shape index (κ3) is 5.09. The number of aromatic nitrogens is 2. The molecule has 0 spiro atoms. The number of ether oxygens (including phenoxy) is 1. The number of anilines is 1. The summed E-state index contributed by atoms with van der Waals surface area (Å²) < 4.78 is 56.5. The molecule has 5 rings (SSSR count). The molecule has 11 heteroatoms. The molecule has 1 saturated heterocycles. The molecule has 7 nitrogen and oxygen atoms in total. The van der Waals surface area contributed by atoms with Gasteiger partial charge in [-0.1, -0.05) is 0 Å². The van der Waals surface area contributed by atoms with E-state index in [4.69, 9.17) is 5.73 Å². The van der Waals surface area contributed by atoms with E-state index in [0.29, 0.717) is 62.8 Å². The van der Waals surface area contributed by atoms with Crippen molar-refractivity contribution in [1.82, 2.24) is 14.9 Å². The molecule has 1 amide bonds. The first kappa shape index (κ1) is 25.3. The minimum absolute atomic E-state index is 0.0912. The van der Waals surface area contributed by atoms with Gasteiger partial charge in [-0.3, -0.25) is 4.79 Å². The Labute approximate surface area is 210 Å². The van der Waals surface area contributed by atoms with Crippen molar-refractivity contribution < 1.29 is 32.2 Å². The van der Waals surface area contributed by atoms with Gasteiger partial charge in [-0.05, 0) is 69.1 Å². The standard InChI is InChI=1S/C26H28F4N4O3/c1-25(36)8-4-17-20(5-9-25)33-23-22(17)21(18(27)13-32-23)14-6-10-34(11-7-14)24(35)16-3-2-15(12-19(16)31)37-26(28,29)30/h2-3,12-14,36H,4-11,31H2,1H3,(H,32,33)/t25-/m0/s1. The number of aromatic amines is 1. The molecule has 1 aliphatic carbocycles. The molecule has 1 fully saturated rings. The maximum atomic E-state index is 15.2. The average molecular weight is 521 g/mol. The van der Waals surface area contributed by atoms with E-state index < -0.39 is 23.6 Å². The van der Waals surface area contributed by atoms with E-state index in [1.165, 1.54) is 12.3 Å². The van der Waals surface area contributed by atoms with Gasteiger partial charge in [-0.25, -0.2) is 9.37 Å². The predicted molar refractivity (Wildman–Crippen MR) is 129 cm³/mol. The van der Waals surface area contributed by atoms with Crippen LogP contribution in [-0.2, 0) is 12.8 Å². The number of carbonyl (C=O) groups is 1. The van der Waals surface area contributed by atoms with E-state index in [9.17, 15) is 23.1 Å². The summed E-state index contributed by atoms with van der Waals surface area (Å²) in [6, 6.07) is 3.26. The number of alkyl halides is 3. The van der Waals surface area contributed by atoms with Gasteiger partial charge < -0.3 is 25.5 Å². The number of nitrogens with zero attached hydrogens (tertiary/aromatic N) is 2. The number of aryl methyl sites for hydroxylation is 2. The van der Waals surface area contributed by atoms with Gasteiger partial charge in [-0.2, -0.15) is 0 Å². The van der Waals surface area contributed by atoms with Gasteiger partial charge in [0.1, 0.15) is 17.2 Å². The number of aliphatic hydroxyl groups is 1. The number of fused-ring (bicyclic) bond motifs is 3. The number of hydrogen-bond donors (Lipinski definition) is 3. The summed E-state index contributed by atoms with van der Waals surface area (Å²) in [6.07, 6.45) is -0.160. The second kappa shape index (κ2) is 9.20. The van der Waals surface area contributed by atoms with Gasteiger partial charge in [0.2, 0.25) is 0 Å². The van der Waals surface area contributed by atoms with Crippen LogP contribution >= 0.6 is 0 Å². The third-order valence-electron chi connectivity index (χ3n) is 7.51. The van der Waals surface area contributed by atoms with E-state index in [2.05, 4.69) is 14.7 Å². The van der Waals surface area contributed by atoms with Crippen LogP contribution in [0.4, 0.5) is 23.2 Å². The topological polar surface area (TPSA) is 104 Å². The van der Waals surface area contributed by atoms with Gasteiger partial charge in [-0.15, -0.1) is 13.2 Å². The summed E-state index contributed by atoms with van der Waals surface area (Å²) in [5.74, 6) is -1.42.